The van der Waals surface area contributed by atoms with Crippen LogP contribution in [0.5, 0.6) is 0 Å². The molecule has 5 rings (SSSR count). The van der Waals surface area contributed by atoms with Crippen LogP contribution in [0.1, 0.15) is 70.1 Å². The SMILES string of the molecule is Cc1ccc2c(c1)C(C)(C)C(=CC=CC=CC1=[N+](CCCCS(=O)(=O)O)c3ccc4ccccc4c3C1(C)C)N2CCCCS(=O)(=O)O. The van der Waals surface area contributed by atoms with E-state index in [4.69, 9.17) is 0 Å². The van der Waals surface area contributed by atoms with Crippen molar-refractivity contribution >= 4 is 48.1 Å². The quantitative estimate of drug-likeness (QED) is 0.0819. The average molecular weight is 692 g/mol. The van der Waals surface area contributed by atoms with Crippen LogP contribution in [0, 0.1) is 6.92 Å². The van der Waals surface area contributed by atoms with Gasteiger partial charge in [-0.25, -0.2) is 0 Å². The zero-order valence-electron chi connectivity index (χ0n) is 28.5. The van der Waals surface area contributed by atoms with Gasteiger partial charge < -0.3 is 4.90 Å². The summed E-state index contributed by atoms with van der Waals surface area (Å²) >= 11 is 0. The minimum atomic E-state index is -4.01. The summed E-state index contributed by atoms with van der Waals surface area (Å²) < 4.78 is 66.0. The van der Waals surface area contributed by atoms with Gasteiger partial charge in [-0.3, -0.25) is 9.11 Å². The molecule has 2 N–H and O–H groups in total. The summed E-state index contributed by atoms with van der Waals surface area (Å²) in [6.45, 7) is 12.2. The van der Waals surface area contributed by atoms with Crippen molar-refractivity contribution in [3.05, 3.63) is 107 Å². The summed E-state index contributed by atoms with van der Waals surface area (Å²) in [5.41, 5.74) is 7.54. The Bertz CT molecular complexity index is 2060. The Morgan fingerprint density at radius 3 is 2.19 bits per heavy atom. The molecule has 0 bridgehead atoms. The molecule has 0 fully saturated rings. The van der Waals surface area contributed by atoms with Gasteiger partial charge in [-0.2, -0.15) is 21.4 Å². The molecule has 0 spiro atoms. The summed E-state index contributed by atoms with van der Waals surface area (Å²) in [6.07, 6.45) is 12.3. The van der Waals surface area contributed by atoms with E-state index in [1.165, 1.54) is 27.5 Å². The van der Waals surface area contributed by atoms with Crippen molar-refractivity contribution in [1.82, 2.24) is 0 Å². The Morgan fingerprint density at radius 2 is 1.48 bits per heavy atom. The number of unbranched alkanes of at least 4 members (excludes halogenated alkanes) is 2. The highest BCUT2D eigenvalue weighted by molar-refractivity contribution is 7.86. The molecule has 0 unspecified atom stereocenters. The van der Waals surface area contributed by atoms with Crippen LogP contribution in [0.2, 0.25) is 0 Å². The second kappa shape index (κ2) is 13.7. The Hall–Kier alpha value is -3.57. The number of fused-ring (bicyclic) bond motifs is 4. The van der Waals surface area contributed by atoms with Gasteiger partial charge in [0.05, 0.1) is 16.9 Å². The van der Waals surface area contributed by atoms with E-state index >= 15 is 0 Å². The van der Waals surface area contributed by atoms with Crippen LogP contribution in [0.25, 0.3) is 10.8 Å². The predicted molar refractivity (Wildman–Crippen MR) is 196 cm³/mol. The molecule has 0 saturated heterocycles. The van der Waals surface area contributed by atoms with Gasteiger partial charge >= 0.3 is 0 Å². The Kier molecular flexibility index (Phi) is 10.2. The fourth-order valence-electron chi connectivity index (χ4n) is 7.27. The van der Waals surface area contributed by atoms with Crippen LogP contribution in [-0.4, -0.2) is 60.8 Å². The third-order valence-electron chi connectivity index (χ3n) is 9.60. The van der Waals surface area contributed by atoms with Gasteiger partial charge in [0, 0.05) is 47.5 Å². The smallest absolute Gasteiger partial charge is 0.264 e. The molecular weight excluding hydrogens is 645 g/mol. The van der Waals surface area contributed by atoms with E-state index in [-0.39, 0.29) is 22.3 Å². The van der Waals surface area contributed by atoms with Crippen molar-refractivity contribution in [2.24, 2.45) is 0 Å². The lowest BCUT2D eigenvalue weighted by Crippen LogP contribution is -2.28. The molecule has 10 heteroatoms. The average Bonchev–Trinajstić information content (AvgIpc) is 3.34. The number of aryl methyl sites for hydroxylation is 1. The predicted octanol–water partition coefficient (Wildman–Crippen LogP) is 7.65. The third kappa shape index (κ3) is 7.67. The Morgan fingerprint density at radius 1 is 0.792 bits per heavy atom. The minimum Gasteiger partial charge on any atom is -0.344 e. The number of hydrogen-bond donors (Lipinski definition) is 2. The molecule has 0 atom stereocenters. The van der Waals surface area contributed by atoms with Crippen LogP contribution in [0.3, 0.4) is 0 Å². The first-order valence-corrected chi connectivity index (χ1v) is 19.7. The van der Waals surface area contributed by atoms with Crippen LogP contribution < -0.4 is 4.90 Å². The topological polar surface area (TPSA) is 115 Å². The monoisotopic (exact) mass is 691 g/mol. The van der Waals surface area contributed by atoms with Crippen molar-refractivity contribution in [3.63, 3.8) is 0 Å². The molecule has 0 amide bonds. The second-order valence-electron chi connectivity index (χ2n) is 13.9. The summed E-state index contributed by atoms with van der Waals surface area (Å²) in [6, 6.07) is 19.1. The minimum absolute atomic E-state index is 0.249. The molecule has 2 aliphatic rings. The lowest BCUT2D eigenvalue weighted by molar-refractivity contribution is -0.438. The number of allylic oxidation sites excluding steroid dienone is 6. The van der Waals surface area contributed by atoms with Crippen LogP contribution in [0.4, 0.5) is 11.4 Å². The maximum Gasteiger partial charge on any atom is 0.264 e. The highest BCUT2D eigenvalue weighted by Gasteiger charge is 2.45. The Labute approximate surface area is 285 Å². The molecule has 3 aromatic carbocycles. The van der Waals surface area contributed by atoms with Gasteiger partial charge in [-0.1, -0.05) is 74.0 Å². The molecule has 8 nitrogen and oxygen atoms in total. The van der Waals surface area contributed by atoms with Crippen LogP contribution in [-0.2, 0) is 31.1 Å². The maximum absolute atomic E-state index is 11.4. The maximum atomic E-state index is 11.4. The molecule has 48 heavy (non-hydrogen) atoms. The first kappa shape index (κ1) is 35.7. The summed E-state index contributed by atoms with van der Waals surface area (Å²) in [5.74, 6) is -0.504. The standard InChI is InChI=1S/C38H46N2O6S2/c1-28-19-21-32-31(27-28)37(2,3)34(39(32)23-11-13-25-47(41,42)43)17-7-6-8-18-35-38(4,5)36-30-16-10-9-15-29(30)20-22-33(36)40(35)24-12-14-26-48(44,45)46/h6-10,15-22,27H,11-14,23-26H2,1-5H3,(H-,41,42,43,44,45,46)/p+1. The molecule has 256 valence electrons. The van der Waals surface area contributed by atoms with Gasteiger partial charge in [0.25, 0.3) is 20.2 Å². The zero-order valence-corrected chi connectivity index (χ0v) is 30.1. The fourth-order valence-corrected chi connectivity index (χ4v) is 8.41. The van der Waals surface area contributed by atoms with Crippen molar-refractivity contribution in [2.75, 3.05) is 29.5 Å². The number of anilines is 1. The van der Waals surface area contributed by atoms with E-state index in [9.17, 15) is 25.9 Å². The van der Waals surface area contributed by atoms with Crippen molar-refractivity contribution in [2.45, 2.75) is 71.1 Å². The Balaban J connectivity index is 1.44. The largest absolute Gasteiger partial charge is 0.344 e. The number of rotatable bonds is 13. The molecular formula is C38H47N2O6S2+. The van der Waals surface area contributed by atoms with E-state index in [1.54, 1.807) is 0 Å². The van der Waals surface area contributed by atoms with Gasteiger partial charge in [-0.15, -0.1) is 0 Å². The van der Waals surface area contributed by atoms with Crippen LogP contribution >= 0.6 is 0 Å². The van der Waals surface area contributed by atoms with E-state index in [0.717, 1.165) is 22.8 Å². The van der Waals surface area contributed by atoms with Gasteiger partial charge in [0.2, 0.25) is 5.69 Å². The van der Waals surface area contributed by atoms with Crippen molar-refractivity contribution in [3.8, 4) is 0 Å². The van der Waals surface area contributed by atoms with E-state index < -0.39 is 20.2 Å². The van der Waals surface area contributed by atoms with E-state index in [1.807, 2.05) is 24.3 Å². The molecule has 2 heterocycles. The summed E-state index contributed by atoms with van der Waals surface area (Å²) in [5, 5.41) is 2.37. The highest BCUT2D eigenvalue weighted by atomic mass is 32.2. The second-order valence-corrected chi connectivity index (χ2v) is 17.1. The van der Waals surface area contributed by atoms with Crippen molar-refractivity contribution < 1.29 is 30.5 Å². The third-order valence-corrected chi connectivity index (χ3v) is 11.2. The lowest BCUT2D eigenvalue weighted by Gasteiger charge is -2.27. The number of nitrogens with zero attached hydrogens (tertiary/aromatic N) is 2. The summed E-state index contributed by atoms with van der Waals surface area (Å²) in [7, 11) is -8.00. The number of benzene rings is 3. The molecule has 0 radical (unpaired) electrons. The van der Waals surface area contributed by atoms with Gasteiger partial charge in [0.15, 0.2) is 5.71 Å². The fraction of sp³-hybridized carbons (Fsp3) is 0.395. The van der Waals surface area contributed by atoms with Gasteiger partial charge in [0.1, 0.15) is 6.54 Å². The van der Waals surface area contributed by atoms with Crippen molar-refractivity contribution in [1.29, 1.82) is 0 Å². The van der Waals surface area contributed by atoms with Crippen LogP contribution in [0.15, 0.2) is 90.7 Å². The highest BCUT2D eigenvalue weighted by Crippen LogP contribution is 2.48. The molecule has 0 aliphatic carbocycles. The first-order chi connectivity index (χ1) is 22.5. The summed E-state index contributed by atoms with van der Waals surface area (Å²) in [4.78, 5) is 2.26. The lowest BCUT2D eigenvalue weighted by atomic mass is 9.79. The molecule has 0 saturated carbocycles. The first-order valence-electron chi connectivity index (χ1n) is 16.5. The normalized spacial score (nSPS) is 18.1. The van der Waals surface area contributed by atoms with E-state index in [2.05, 4.69) is 105 Å². The van der Waals surface area contributed by atoms with Gasteiger partial charge in [-0.05, 0) is 74.6 Å². The molecule has 3 aromatic rings. The number of hydrogen-bond acceptors (Lipinski definition) is 5. The zero-order chi connectivity index (χ0) is 34.9. The van der Waals surface area contributed by atoms with E-state index in [0.29, 0.717) is 38.8 Å². The molecule has 0 aromatic heterocycles. The molecule has 2 aliphatic heterocycles.